The first kappa shape index (κ1) is 23.4. The fourth-order valence-electron chi connectivity index (χ4n) is 5.22. The molecule has 5 rings (SSSR count). The van der Waals surface area contributed by atoms with E-state index in [0.29, 0.717) is 5.70 Å². The van der Waals surface area contributed by atoms with Gasteiger partial charge in [-0.25, -0.2) is 13.4 Å². The van der Waals surface area contributed by atoms with Crippen molar-refractivity contribution in [2.24, 2.45) is 0 Å². The Morgan fingerprint density at radius 1 is 0.971 bits per heavy atom. The number of imidazole rings is 1. The summed E-state index contributed by atoms with van der Waals surface area (Å²) in [4.78, 5) is 4.89. The Morgan fingerprint density at radius 2 is 1.69 bits per heavy atom. The van der Waals surface area contributed by atoms with Crippen LogP contribution in [0.2, 0.25) is 0 Å². The second-order valence-electron chi connectivity index (χ2n) is 9.38. The minimum atomic E-state index is -3.38. The van der Waals surface area contributed by atoms with Crippen LogP contribution in [0.4, 0.5) is 0 Å². The first-order valence-electron chi connectivity index (χ1n) is 12.2. The Morgan fingerprint density at radius 3 is 2.49 bits per heavy atom. The fourth-order valence-corrected chi connectivity index (χ4v) is 5.88. The number of aryl methyl sites for hydroxylation is 3. The minimum absolute atomic E-state index is 0.654. The van der Waals surface area contributed by atoms with Gasteiger partial charge in [-0.05, 0) is 66.1 Å². The summed E-state index contributed by atoms with van der Waals surface area (Å²) >= 11 is 0. The number of hydrogen-bond acceptors (Lipinski definition) is 3. The molecule has 0 bridgehead atoms. The number of hydrogen-bond donors (Lipinski definition) is 1. The van der Waals surface area contributed by atoms with Crippen molar-refractivity contribution < 1.29 is 8.42 Å². The van der Waals surface area contributed by atoms with E-state index in [1.165, 1.54) is 22.9 Å². The average molecular weight is 486 g/mol. The quantitative estimate of drug-likeness (QED) is 0.394. The molecule has 1 N–H and O–H groups in total. The zero-order valence-electron chi connectivity index (χ0n) is 20.5. The summed E-state index contributed by atoms with van der Waals surface area (Å²) in [5, 5.41) is 0. The van der Waals surface area contributed by atoms with Crippen LogP contribution >= 0.6 is 0 Å². The summed E-state index contributed by atoms with van der Waals surface area (Å²) in [5.74, 6) is 1.12. The van der Waals surface area contributed by atoms with Gasteiger partial charge in [0, 0.05) is 24.2 Å². The lowest BCUT2D eigenvalue weighted by atomic mass is 9.92. The zero-order chi connectivity index (χ0) is 24.6. The summed E-state index contributed by atoms with van der Waals surface area (Å²) in [6.07, 6.45) is 5.01. The summed E-state index contributed by atoms with van der Waals surface area (Å²) in [5.41, 5.74) is 9.70. The molecule has 0 aliphatic heterocycles. The lowest BCUT2D eigenvalue weighted by Gasteiger charge is -2.18. The van der Waals surface area contributed by atoms with E-state index >= 15 is 0 Å². The highest BCUT2D eigenvalue weighted by atomic mass is 32.2. The summed E-state index contributed by atoms with van der Waals surface area (Å²) < 4.78 is 29.2. The molecule has 1 aromatic heterocycles. The monoisotopic (exact) mass is 485 g/mol. The number of fused-ring (bicyclic) bond motifs is 3. The molecule has 0 amide bonds. The van der Waals surface area contributed by atoms with E-state index in [2.05, 4.69) is 70.8 Å². The van der Waals surface area contributed by atoms with Gasteiger partial charge < -0.3 is 4.57 Å². The molecule has 0 saturated heterocycles. The molecule has 6 heteroatoms. The lowest BCUT2D eigenvalue weighted by Crippen LogP contribution is -2.21. The van der Waals surface area contributed by atoms with E-state index < -0.39 is 10.0 Å². The Kier molecular flexibility index (Phi) is 6.24. The van der Waals surface area contributed by atoms with Crippen molar-refractivity contribution in [2.75, 3.05) is 6.26 Å². The van der Waals surface area contributed by atoms with Gasteiger partial charge in [-0.1, -0.05) is 61.5 Å². The molecule has 3 aromatic carbocycles. The van der Waals surface area contributed by atoms with Crippen LogP contribution in [0, 0.1) is 0 Å². The number of sulfonamides is 1. The van der Waals surface area contributed by atoms with Crippen molar-refractivity contribution in [3.8, 4) is 0 Å². The number of para-hydroxylation sites is 2. The van der Waals surface area contributed by atoms with Gasteiger partial charge in [0.15, 0.2) is 0 Å². The number of rotatable bonds is 6. The minimum Gasteiger partial charge on any atom is -0.323 e. The van der Waals surface area contributed by atoms with Crippen molar-refractivity contribution in [2.45, 2.75) is 46.1 Å². The van der Waals surface area contributed by atoms with Gasteiger partial charge in [0.25, 0.3) is 0 Å². The first-order valence-corrected chi connectivity index (χ1v) is 14.1. The summed E-state index contributed by atoms with van der Waals surface area (Å²) in [6, 6.07) is 23.3. The third kappa shape index (κ3) is 4.76. The molecule has 0 saturated carbocycles. The number of benzene rings is 3. The van der Waals surface area contributed by atoms with Gasteiger partial charge in [0.1, 0.15) is 5.82 Å². The molecule has 1 aliphatic carbocycles. The Hall–Kier alpha value is -3.38. The van der Waals surface area contributed by atoms with Gasteiger partial charge in [-0.15, -0.1) is 0 Å². The van der Waals surface area contributed by atoms with E-state index in [1.54, 1.807) is 0 Å². The third-order valence-electron chi connectivity index (χ3n) is 6.65. The van der Waals surface area contributed by atoms with Gasteiger partial charge >= 0.3 is 0 Å². The van der Waals surface area contributed by atoms with Gasteiger partial charge in [-0.3, -0.25) is 4.72 Å². The molecule has 0 atom stereocenters. The van der Waals surface area contributed by atoms with Crippen LogP contribution in [0.3, 0.4) is 0 Å². The molecule has 0 unspecified atom stereocenters. The molecule has 1 heterocycles. The highest BCUT2D eigenvalue weighted by Gasteiger charge is 2.22. The SMILES string of the molecule is CCCc1nc2ccccc2n1Cc1ccc2c(c1)CCc1ccccc1/C2=C(/C)NS(C)(=O)=O. The fraction of sp³-hybridized carbons (Fsp3) is 0.276. The molecule has 35 heavy (non-hydrogen) atoms. The topological polar surface area (TPSA) is 64.0 Å². The van der Waals surface area contributed by atoms with E-state index in [9.17, 15) is 8.42 Å². The first-order chi connectivity index (χ1) is 16.8. The van der Waals surface area contributed by atoms with Gasteiger partial charge in [0.05, 0.1) is 17.3 Å². The standard InChI is InChI=1S/C29H31N3O2S/c1-4-9-28-30-26-12-7-8-13-27(26)32(28)19-21-14-17-25-23(18-21)16-15-22-10-5-6-11-24(22)29(25)20(2)31-35(3,33)34/h5-8,10-14,17-18,31H,4,9,15-16,19H2,1-3H3/b29-20+. The third-order valence-corrected chi connectivity index (χ3v) is 7.33. The summed E-state index contributed by atoms with van der Waals surface area (Å²) in [7, 11) is -3.38. The molecule has 0 radical (unpaired) electrons. The Balaban J connectivity index is 1.61. The molecule has 4 aromatic rings. The van der Waals surface area contributed by atoms with Crippen LogP contribution < -0.4 is 4.72 Å². The second kappa shape index (κ2) is 9.34. The van der Waals surface area contributed by atoms with Crippen LogP contribution in [-0.4, -0.2) is 24.2 Å². The lowest BCUT2D eigenvalue weighted by molar-refractivity contribution is 0.595. The molecule has 0 fully saturated rings. The van der Waals surface area contributed by atoms with Gasteiger partial charge in [-0.2, -0.15) is 0 Å². The highest BCUT2D eigenvalue weighted by Crippen LogP contribution is 2.36. The normalized spacial score (nSPS) is 14.8. The number of allylic oxidation sites excluding steroid dienone is 1. The van der Waals surface area contributed by atoms with Crippen LogP contribution in [0.5, 0.6) is 0 Å². The predicted molar refractivity (Wildman–Crippen MR) is 143 cm³/mol. The van der Waals surface area contributed by atoms with Crippen LogP contribution in [0.25, 0.3) is 16.6 Å². The smallest absolute Gasteiger partial charge is 0.229 e. The molecule has 180 valence electrons. The average Bonchev–Trinajstić information content (AvgIpc) is 3.06. The van der Waals surface area contributed by atoms with E-state index in [1.807, 2.05) is 19.1 Å². The summed E-state index contributed by atoms with van der Waals surface area (Å²) in [6.45, 7) is 4.80. The zero-order valence-corrected chi connectivity index (χ0v) is 21.3. The number of nitrogens with zero attached hydrogens (tertiary/aromatic N) is 2. The molecule has 5 nitrogen and oxygen atoms in total. The predicted octanol–water partition coefficient (Wildman–Crippen LogP) is 5.46. The largest absolute Gasteiger partial charge is 0.323 e. The van der Waals surface area contributed by atoms with Crippen molar-refractivity contribution in [1.82, 2.24) is 14.3 Å². The van der Waals surface area contributed by atoms with E-state index in [0.717, 1.165) is 65.8 Å². The molecule has 0 spiro atoms. The van der Waals surface area contributed by atoms with Crippen molar-refractivity contribution in [3.63, 3.8) is 0 Å². The second-order valence-corrected chi connectivity index (χ2v) is 11.1. The maximum atomic E-state index is 12.1. The van der Waals surface area contributed by atoms with Crippen molar-refractivity contribution in [3.05, 3.63) is 106 Å². The Labute approximate surface area is 207 Å². The van der Waals surface area contributed by atoms with Crippen molar-refractivity contribution in [1.29, 1.82) is 0 Å². The van der Waals surface area contributed by atoms with Crippen molar-refractivity contribution >= 4 is 26.6 Å². The highest BCUT2D eigenvalue weighted by molar-refractivity contribution is 7.88. The van der Waals surface area contributed by atoms with Crippen LogP contribution in [-0.2, 0) is 35.8 Å². The van der Waals surface area contributed by atoms with Crippen LogP contribution in [0.1, 0.15) is 53.9 Å². The number of aromatic nitrogens is 2. The van der Waals surface area contributed by atoms with E-state index in [-0.39, 0.29) is 0 Å². The van der Waals surface area contributed by atoms with E-state index in [4.69, 9.17) is 4.98 Å². The molecular weight excluding hydrogens is 454 g/mol. The Bertz CT molecular complexity index is 1550. The van der Waals surface area contributed by atoms with Gasteiger partial charge in [0.2, 0.25) is 10.0 Å². The molecule has 1 aliphatic rings. The number of nitrogens with one attached hydrogen (secondary N) is 1. The molecular formula is C29H31N3O2S. The van der Waals surface area contributed by atoms with Crippen LogP contribution in [0.15, 0.2) is 72.4 Å². The maximum absolute atomic E-state index is 12.1. The maximum Gasteiger partial charge on any atom is 0.229 e.